The number of rotatable bonds is 1. The molecule has 0 saturated carbocycles. The topological polar surface area (TPSA) is 63.4 Å². The van der Waals surface area contributed by atoms with Gasteiger partial charge in [0.1, 0.15) is 5.82 Å². The third kappa shape index (κ3) is 1.85. The second kappa shape index (κ2) is 4.34. The maximum Gasteiger partial charge on any atom is 0.266 e. The zero-order chi connectivity index (χ0) is 15.3. The van der Waals surface area contributed by atoms with Gasteiger partial charge in [-0.25, -0.2) is 18.1 Å². The van der Waals surface area contributed by atoms with Crippen molar-refractivity contribution >= 4 is 23.2 Å². The average Bonchev–Trinajstić information content (AvgIpc) is 2.66. The van der Waals surface area contributed by atoms with E-state index in [0.29, 0.717) is 17.0 Å². The van der Waals surface area contributed by atoms with Crippen LogP contribution < -0.4 is 10.6 Å². The van der Waals surface area contributed by atoms with E-state index in [-0.39, 0.29) is 22.5 Å². The molecule has 0 unspecified atom stereocenters. The van der Waals surface area contributed by atoms with Gasteiger partial charge in [0.15, 0.2) is 11.6 Å². The molecule has 0 fully saturated rings. The number of hydrogen-bond acceptors (Lipinski definition) is 3. The van der Waals surface area contributed by atoms with Crippen molar-refractivity contribution in [1.82, 2.24) is 0 Å². The highest BCUT2D eigenvalue weighted by molar-refractivity contribution is 6.34. The Morgan fingerprint density at radius 2 is 1.33 bits per heavy atom. The van der Waals surface area contributed by atoms with Crippen molar-refractivity contribution in [3.8, 4) is 0 Å². The number of benzene rings is 2. The van der Waals surface area contributed by atoms with Crippen molar-refractivity contribution in [2.45, 2.75) is 0 Å². The van der Waals surface area contributed by atoms with E-state index >= 15 is 0 Å². The number of hydrogen-bond donors (Lipinski definition) is 1. The van der Waals surface area contributed by atoms with Gasteiger partial charge in [0.05, 0.1) is 16.8 Å². The van der Waals surface area contributed by atoms with Crippen LogP contribution in [0.15, 0.2) is 30.3 Å². The van der Waals surface area contributed by atoms with E-state index in [9.17, 15) is 22.8 Å². The molecule has 0 bridgehead atoms. The van der Waals surface area contributed by atoms with E-state index in [2.05, 4.69) is 0 Å². The number of fused-ring (bicyclic) bond motifs is 1. The molecule has 7 heteroatoms. The van der Waals surface area contributed by atoms with Gasteiger partial charge < -0.3 is 5.73 Å². The van der Waals surface area contributed by atoms with Crippen LogP contribution in [-0.4, -0.2) is 11.8 Å². The van der Waals surface area contributed by atoms with E-state index in [1.54, 1.807) is 0 Å². The Balaban J connectivity index is 2.18. The highest BCUT2D eigenvalue weighted by Gasteiger charge is 2.39. The average molecular weight is 292 g/mol. The van der Waals surface area contributed by atoms with Gasteiger partial charge in [0, 0.05) is 5.69 Å². The van der Waals surface area contributed by atoms with Crippen molar-refractivity contribution < 1.29 is 22.8 Å². The Morgan fingerprint density at radius 1 is 0.810 bits per heavy atom. The van der Waals surface area contributed by atoms with Crippen LogP contribution in [0.4, 0.5) is 24.5 Å². The Kier molecular flexibility index (Phi) is 2.72. The van der Waals surface area contributed by atoms with Crippen LogP contribution in [0.1, 0.15) is 20.7 Å². The van der Waals surface area contributed by atoms with E-state index in [4.69, 9.17) is 5.73 Å². The molecule has 0 spiro atoms. The molecule has 3 rings (SSSR count). The van der Waals surface area contributed by atoms with Gasteiger partial charge in [-0.2, -0.15) is 0 Å². The molecule has 0 atom stereocenters. The number of imide groups is 1. The number of amides is 2. The van der Waals surface area contributed by atoms with Gasteiger partial charge in [-0.3, -0.25) is 9.59 Å². The van der Waals surface area contributed by atoms with Gasteiger partial charge in [0.2, 0.25) is 0 Å². The van der Waals surface area contributed by atoms with Crippen LogP contribution in [0.25, 0.3) is 0 Å². The minimum Gasteiger partial charge on any atom is -0.399 e. The quantitative estimate of drug-likeness (QED) is 0.649. The Bertz CT molecular complexity index is 764. The van der Waals surface area contributed by atoms with E-state index < -0.39 is 29.3 Å². The first-order chi connectivity index (χ1) is 9.90. The maximum absolute atomic E-state index is 13.8. The molecular weight excluding hydrogens is 285 g/mol. The standard InChI is InChI=1S/C14H7F3N2O2/c15-9-2-1-6(18)3-12(9)19-13(20)7-4-10(16)11(17)5-8(7)14(19)21/h1-5H,18H2. The van der Waals surface area contributed by atoms with Crippen LogP contribution in [-0.2, 0) is 0 Å². The molecule has 1 aliphatic heterocycles. The SMILES string of the molecule is Nc1ccc(F)c(N2C(=O)c3cc(F)c(F)cc3C2=O)c1. The van der Waals surface area contributed by atoms with Crippen LogP contribution in [0.3, 0.4) is 0 Å². The number of nitrogens with zero attached hydrogens (tertiary/aromatic N) is 1. The van der Waals surface area contributed by atoms with Crippen molar-refractivity contribution in [3.05, 3.63) is 58.9 Å². The fraction of sp³-hybridized carbons (Fsp3) is 0. The Hall–Kier alpha value is -2.83. The van der Waals surface area contributed by atoms with Crippen molar-refractivity contribution in [3.63, 3.8) is 0 Å². The monoisotopic (exact) mass is 292 g/mol. The Morgan fingerprint density at radius 3 is 1.86 bits per heavy atom. The lowest BCUT2D eigenvalue weighted by molar-refractivity contribution is 0.0924. The van der Waals surface area contributed by atoms with E-state index in [0.717, 1.165) is 12.1 Å². The van der Waals surface area contributed by atoms with E-state index in [1.165, 1.54) is 6.07 Å². The van der Waals surface area contributed by atoms with Gasteiger partial charge in [-0.1, -0.05) is 0 Å². The van der Waals surface area contributed by atoms with Gasteiger partial charge in [-0.05, 0) is 30.3 Å². The van der Waals surface area contributed by atoms with Gasteiger partial charge >= 0.3 is 0 Å². The summed E-state index contributed by atoms with van der Waals surface area (Å²) in [5.74, 6) is -5.23. The molecule has 4 nitrogen and oxygen atoms in total. The van der Waals surface area contributed by atoms with Crippen molar-refractivity contribution in [2.75, 3.05) is 10.6 Å². The molecule has 0 aliphatic carbocycles. The first kappa shape index (κ1) is 13.2. The first-order valence-corrected chi connectivity index (χ1v) is 5.83. The smallest absolute Gasteiger partial charge is 0.266 e. The van der Waals surface area contributed by atoms with Crippen LogP contribution >= 0.6 is 0 Å². The van der Waals surface area contributed by atoms with Crippen LogP contribution in [0.2, 0.25) is 0 Å². The molecule has 106 valence electrons. The molecule has 0 saturated heterocycles. The molecule has 2 amide bonds. The molecule has 1 aliphatic rings. The molecule has 0 aromatic heterocycles. The second-order valence-electron chi connectivity index (χ2n) is 4.47. The second-order valence-corrected chi connectivity index (χ2v) is 4.47. The molecular formula is C14H7F3N2O2. The fourth-order valence-electron chi connectivity index (χ4n) is 2.15. The van der Waals surface area contributed by atoms with Gasteiger partial charge in [0.25, 0.3) is 11.8 Å². The highest BCUT2D eigenvalue weighted by Crippen LogP contribution is 2.32. The summed E-state index contributed by atoms with van der Waals surface area (Å²) >= 11 is 0. The van der Waals surface area contributed by atoms with Crippen molar-refractivity contribution in [2.24, 2.45) is 0 Å². The summed E-state index contributed by atoms with van der Waals surface area (Å²) in [5.41, 5.74) is 4.65. The number of carbonyl (C=O) groups excluding carboxylic acids is 2. The Labute approximate surface area is 116 Å². The molecule has 2 N–H and O–H groups in total. The summed E-state index contributed by atoms with van der Waals surface area (Å²) in [4.78, 5) is 24.8. The highest BCUT2D eigenvalue weighted by atomic mass is 19.2. The normalized spacial score (nSPS) is 13.8. The fourth-order valence-corrected chi connectivity index (χ4v) is 2.15. The lowest BCUT2D eigenvalue weighted by atomic mass is 10.1. The van der Waals surface area contributed by atoms with E-state index in [1.807, 2.05) is 0 Å². The predicted octanol–water partition coefficient (Wildman–Crippen LogP) is 2.49. The van der Waals surface area contributed by atoms with Crippen molar-refractivity contribution in [1.29, 1.82) is 0 Å². The lowest BCUT2D eigenvalue weighted by Gasteiger charge is -2.15. The number of halogens is 3. The summed E-state index contributed by atoms with van der Waals surface area (Å²) in [5, 5.41) is 0. The molecule has 21 heavy (non-hydrogen) atoms. The minimum absolute atomic E-state index is 0.139. The zero-order valence-electron chi connectivity index (χ0n) is 10.4. The molecule has 2 aromatic carbocycles. The number of carbonyl (C=O) groups is 2. The molecule has 2 aromatic rings. The summed E-state index contributed by atoms with van der Waals surface area (Å²) in [7, 11) is 0. The zero-order valence-corrected chi connectivity index (χ0v) is 10.4. The summed E-state index contributed by atoms with van der Waals surface area (Å²) in [6.07, 6.45) is 0. The number of nitrogens with two attached hydrogens (primary N) is 1. The lowest BCUT2D eigenvalue weighted by Crippen LogP contribution is -2.30. The van der Waals surface area contributed by atoms with Gasteiger partial charge in [-0.15, -0.1) is 0 Å². The third-order valence-corrected chi connectivity index (χ3v) is 3.14. The summed E-state index contributed by atoms with van der Waals surface area (Å²) in [6, 6.07) is 4.60. The number of anilines is 2. The number of nitrogen functional groups attached to an aromatic ring is 1. The summed E-state index contributed by atoms with van der Waals surface area (Å²) < 4.78 is 40.2. The third-order valence-electron chi connectivity index (χ3n) is 3.14. The maximum atomic E-state index is 13.8. The first-order valence-electron chi connectivity index (χ1n) is 5.83. The molecule has 1 heterocycles. The van der Waals surface area contributed by atoms with Crippen LogP contribution in [0.5, 0.6) is 0 Å². The predicted molar refractivity (Wildman–Crippen MR) is 68.3 cm³/mol. The molecule has 0 radical (unpaired) electrons. The van der Waals surface area contributed by atoms with Crippen LogP contribution in [0, 0.1) is 17.5 Å². The minimum atomic E-state index is -1.26. The summed E-state index contributed by atoms with van der Waals surface area (Å²) in [6.45, 7) is 0. The largest absolute Gasteiger partial charge is 0.399 e.